The van der Waals surface area contributed by atoms with E-state index < -0.39 is 0 Å². The molecule has 0 bridgehead atoms. The summed E-state index contributed by atoms with van der Waals surface area (Å²) >= 11 is 1.37. The molecule has 2 aliphatic heterocycles. The fraction of sp³-hybridized carbons (Fsp3) is 0.706. The second kappa shape index (κ2) is 9.62. The van der Waals surface area contributed by atoms with Crippen molar-refractivity contribution in [3.8, 4) is 0 Å². The van der Waals surface area contributed by atoms with Gasteiger partial charge < -0.3 is 20.1 Å². The van der Waals surface area contributed by atoms with Crippen molar-refractivity contribution in [1.29, 1.82) is 0 Å². The molecular weight excluding hydrogens is 376 g/mol. The summed E-state index contributed by atoms with van der Waals surface area (Å²) in [5.74, 6) is 2.78. The van der Waals surface area contributed by atoms with Crippen LogP contribution in [0.4, 0.5) is 5.82 Å². The molecule has 0 aliphatic carbocycles. The topological polar surface area (TPSA) is 87.5 Å². The number of nitrogens with one attached hydrogen (secondary N) is 2. The van der Waals surface area contributed by atoms with Crippen molar-refractivity contribution < 1.29 is 14.1 Å². The van der Waals surface area contributed by atoms with Crippen LogP contribution in [0.15, 0.2) is 10.6 Å². The smallest absolute Gasteiger partial charge is 0.238 e. The zero-order valence-corrected chi connectivity index (χ0v) is 16.8. The molecule has 7 nitrogen and oxygen atoms in total. The molecule has 26 heavy (non-hydrogen) atoms. The number of aryl methyl sites for hydroxylation is 1. The molecule has 0 saturated carbocycles. The SMILES string of the molecule is Cc1cc(NC(=O)C(C)SCC(=O)N2CC[C@@H]3CNC[C@@H]3CC2)no1.Cl. The predicted octanol–water partition coefficient (Wildman–Crippen LogP) is 1.92. The highest BCUT2D eigenvalue weighted by molar-refractivity contribution is 8.01. The Balaban J connectivity index is 0.00000243. The van der Waals surface area contributed by atoms with Crippen LogP contribution in [0, 0.1) is 18.8 Å². The summed E-state index contributed by atoms with van der Waals surface area (Å²) in [5.41, 5.74) is 0. The molecule has 1 aromatic rings. The molecule has 1 aromatic heterocycles. The number of aromatic nitrogens is 1. The number of carbonyl (C=O) groups excluding carboxylic acids is 2. The summed E-state index contributed by atoms with van der Waals surface area (Å²) in [5, 5.41) is 9.58. The van der Waals surface area contributed by atoms with Crippen molar-refractivity contribution in [2.45, 2.75) is 31.9 Å². The first-order valence-corrected chi connectivity index (χ1v) is 9.92. The van der Waals surface area contributed by atoms with Gasteiger partial charge in [-0.1, -0.05) is 5.16 Å². The highest BCUT2D eigenvalue weighted by Crippen LogP contribution is 2.27. The van der Waals surface area contributed by atoms with Crippen LogP contribution in [0.1, 0.15) is 25.5 Å². The van der Waals surface area contributed by atoms with E-state index in [1.165, 1.54) is 11.8 Å². The molecule has 2 aliphatic rings. The Hall–Kier alpha value is -1.25. The molecule has 3 atom stereocenters. The van der Waals surface area contributed by atoms with E-state index in [0.29, 0.717) is 29.2 Å². The maximum absolute atomic E-state index is 12.5. The Morgan fingerprint density at radius 3 is 2.62 bits per heavy atom. The molecule has 3 rings (SSSR count). The van der Waals surface area contributed by atoms with Crippen molar-refractivity contribution in [2.24, 2.45) is 11.8 Å². The van der Waals surface area contributed by atoms with Gasteiger partial charge in [-0.2, -0.15) is 0 Å². The largest absolute Gasteiger partial charge is 0.360 e. The van der Waals surface area contributed by atoms with Gasteiger partial charge in [0.25, 0.3) is 0 Å². The van der Waals surface area contributed by atoms with Gasteiger partial charge >= 0.3 is 0 Å². The molecule has 2 N–H and O–H groups in total. The van der Waals surface area contributed by atoms with Crippen molar-refractivity contribution in [3.63, 3.8) is 0 Å². The lowest BCUT2D eigenvalue weighted by Crippen LogP contribution is -2.35. The third-order valence-corrected chi connectivity index (χ3v) is 6.21. The minimum atomic E-state index is -0.323. The van der Waals surface area contributed by atoms with Gasteiger partial charge in [0.2, 0.25) is 11.8 Å². The number of nitrogens with zero attached hydrogens (tertiary/aromatic N) is 2. The van der Waals surface area contributed by atoms with E-state index in [0.717, 1.165) is 39.0 Å². The quantitative estimate of drug-likeness (QED) is 0.782. The minimum absolute atomic E-state index is 0. The van der Waals surface area contributed by atoms with Gasteiger partial charge in [-0.25, -0.2) is 0 Å². The average molecular weight is 403 g/mol. The number of anilines is 1. The van der Waals surface area contributed by atoms with E-state index in [4.69, 9.17) is 4.52 Å². The molecule has 3 heterocycles. The first kappa shape index (κ1) is 21.1. The van der Waals surface area contributed by atoms with Crippen LogP contribution >= 0.6 is 24.2 Å². The zero-order chi connectivity index (χ0) is 17.8. The maximum Gasteiger partial charge on any atom is 0.238 e. The Morgan fingerprint density at radius 2 is 2.04 bits per heavy atom. The van der Waals surface area contributed by atoms with Gasteiger partial charge in [-0.15, -0.1) is 24.2 Å². The highest BCUT2D eigenvalue weighted by Gasteiger charge is 2.31. The number of carbonyl (C=O) groups is 2. The summed E-state index contributed by atoms with van der Waals surface area (Å²) < 4.78 is 4.93. The van der Waals surface area contributed by atoms with Gasteiger partial charge in [0.1, 0.15) is 5.76 Å². The lowest BCUT2D eigenvalue weighted by molar-refractivity contribution is -0.128. The number of amides is 2. The number of halogens is 1. The summed E-state index contributed by atoms with van der Waals surface area (Å²) in [4.78, 5) is 26.6. The van der Waals surface area contributed by atoms with Crippen molar-refractivity contribution in [3.05, 3.63) is 11.8 Å². The van der Waals surface area contributed by atoms with Gasteiger partial charge in [-0.05, 0) is 51.6 Å². The van der Waals surface area contributed by atoms with E-state index >= 15 is 0 Å². The third kappa shape index (κ3) is 5.37. The second-order valence-corrected chi connectivity index (χ2v) is 8.23. The van der Waals surface area contributed by atoms with Gasteiger partial charge in [0.05, 0.1) is 11.0 Å². The van der Waals surface area contributed by atoms with Gasteiger partial charge in [0, 0.05) is 19.2 Å². The van der Waals surface area contributed by atoms with E-state index in [-0.39, 0.29) is 29.5 Å². The standard InChI is InChI=1S/C17H26N4O3S.ClH/c1-11-7-15(20-24-11)19-17(23)12(2)25-10-16(22)21-5-3-13-8-18-9-14(13)4-6-21;/h7,12-14,18H,3-6,8-10H2,1-2H3,(H,19,20,23);1H/t12?,13-,14+;. The fourth-order valence-electron chi connectivity index (χ4n) is 3.48. The monoisotopic (exact) mass is 402 g/mol. The van der Waals surface area contributed by atoms with Crippen LogP contribution in [0.3, 0.4) is 0 Å². The molecule has 2 amide bonds. The summed E-state index contributed by atoms with van der Waals surface area (Å²) in [6, 6.07) is 1.67. The third-order valence-electron chi connectivity index (χ3n) is 5.08. The van der Waals surface area contributed by atoms with Crippen LogP contribution < -0.4 is 10.6 Å². The average Bonchev–Trinajstić information content (AvgIpc) is 3.16. The second-order valence-electron chi connectivity index (χ2n) is 6.90. The fourth-order valence-corrected chi connectivity index (χ4v) is 4.27. The Labute approximate surface area is 164 Å². The number of fused-ring (bicyclic) bond motifs is 1. The van der Waals surface area contributed by atoms with Crippen LogP contribution in [0.2, 0.25) is 0 Å². The molecule has 9 heteroatoms. The number of hydrogen-bond acceptors (Lipinski definition) is 6. The van der Waals surface area contributed by atoms with Crippen LogP contribution in [-0.2, 0) is 9.59 Å². The molecule has 2 saturated heterocycles. The molecular formula is C17H27ClN4O3S. The maximum atomic E-state index is 12.5. The predicted molar refractivity (Wildman–Crippen MR) is 105 cm³/mol. The van der Waals surface area contributed by atoms with Crippen LogP contribution in [-0.4, -0.2) is 59.1 Å². The van der Waals surface area contributed by atoms with Crippen molar-refractivity contribution in [2.75, 3.05) is 37.2 Å². The van der Waals surface area contributed by atoms with E-state index in [1.807, 2.05) is 4.90 Å². The van der Waals surface area contributed by atoms with Crippen LogP contribution in [0.5, 0.6) is 0 Å². The van der Waals surface area contributed by atoms with E-state index in [1.54, 1.807) is 19.9 Å². The molecule has 0 radical (unpaired) electrons. The first-order valence-electron chi connectivity index (χ1n) is 8.87. The normalized spacial score (nSPS) is 23.5. The molecule has 146 valence electrons. The highest BCUT2D eigenvalue weighted by atomic mass is 35.5. The number of thioether (sulfide) groups is 1. The summed E-state index contributed by atoms with van der Waals surface area (Å²) in [6.07, 6.45) is 2.16. The summed E-state index contributed by atoms with van der Waals surface area (Å²) in [7, 11) is 0. The number of rotatable bonds is 5. The van der Waals surface area contributed by atoms with E-state index in [2.05, 4.69) is 15.8 Å². The number of hydrogen-bond donors (Lipinski definition) is 2. The molecule has 1 unspecified atom stereocenters. The van der Waals surface area contributed by atoms with Gasteiger partial charge in [0.15, 0.2) is 5.82 Å². The Kier molecular flexibility index (Phi) is 7.79. The lowest BCUT2D eigenvalue weighted by atomic mass is 9.92. The lowest BCUT2D eigenvalue weighted by Gasteiger charge is -2.21. The van der Waals surface area contributed by atoms with Crippen LogP contribution in [0.25, 0.3) is 0 Å². The molecule has 0 spiro atoms. The number of likely N-dealkylation sites (tertiary alicyclic amines) is 1. The first-order chi connectivity index (χ1) is 12.0. The zero-order valence-electron chi connectivity index (χ0n) is 15.2. The minimum Gasteiger partial charge on any atom is -0.360 e. The molecule has 0 aromatic carbocycles. The van der Waals surface area contributed by atoms with Crippen molar-refractivity contribution >= 4 is 41.8 Å². The van der Waals surface area contributed by atoms with Crippen molar-refractivity contribution in [1.82, 2.24) is 15.4 Å². The summed E-state index contributed by atoms with van der Waals surface area (Å²) in [6.45, 7) is 7.41. The Morgan fingerprint density at radius 1 is 1.38 bits per heavy atom. The molecule has 2 fully saturated rings. The van der Waals surface area contributed by atoms with E-state index in [9.17, 15) is 9.59 Å². The Bertz CT molecular complexity index is 613. The van der Waals surface area contributed by atoms with Gasteiger partial charge in [-0.3, -0.25) is 9.59 Å².